The molecule has 0 aliphatic heterocycles. The first-order valence-electron chi connectivity index (χ1n) is 14.0. The predicted octanol–water partition coefficient (Wildman–Crippen LogP) is 7.26. The van der Waals surface area contributed by atoms with Gasteiger partial charge in [0.05, 0.1) is 31.6 Å². The first-order chi connectivity index (χ1) is 21.2. The molecule has 9 nitrogen and oxygen atoms in total. The summed E-state index contributed by atoms with van der Waals surface area (Å²) >= 11 is 0. The molecule has 0 radical (unpaired) electrons. The lowest BCUT2D eigenvalue weighted by atomic mass is 10.0. The summed E-state index contributed by atoms with van der Waals surface area (Å²) in [5, 5.41) is 5.82. The zero-order valence-corrected chi connectivity index (χ0v) is 25.5. The van der Waals surface area contributed by atoms with E-state index in [2.05, 4.69) is 5.32 Å². The average molecular weight is 613 g/mol. The summed E-state index contributed by atoms with van der Waals surface area (Å²) < 4.78 is 28.8. The van der Waals surface area contributed by atoms with Crippen LogP contribution in [0.4, 0.5) is 10.5 Å². The second-order valence-electron chi connectivity index (χ2n) is 10.3. The number of hydrogen-bond donors (Lipinski definition) is 2. The van der Waals surface area contributed by atoms with Gasteiger partial charge in [0.25, 0.3) is 5.91 Å². The van der Waals surface area contributed by atoms with Crippen molar-refractivity contribution in [3.8, 4) is 11.5 Å². The number of anilines is 1. The quantitative estimate of drug-likeness (QED) is 0.160. The van der Waals surface area contributed by atoms with Gasteiger partial charge < -0.3 is 23.8 Å². The van der Waals surface area contributed by atoms with Crippen LogP contribution in [0.1, 0.15) is 21.5 Å². The lowest BCUT2D eigenvalue weighted by Gasteiger charge is -2.21. The Morgan fingerprint density at radius 2 is 1.48 bits per heavy atom. The molecule has 10 heteroatoms. The van der Waals surface area contributed by atoms with Crippen molar-refractivity contribution in [2.75, 3.05) is 33.1 Å². The van der Waals surface area contributed by atoms with Crippen molar-refractivity contribution in [3.05, 3.63) is 114 Å². The number of methoxy groups -OCH3 is 2. The molecular formula is C34H33N2O7P. The summed E-state index contributed by atoms with van der Waals surface area (Å²) in [5.74, 6) is 0.874. The zero-order chi connectivity index (χ0) is 31.3. The van der Waals surface area contributed by atoms with Gasteiger partial charge in [0.15, 0.2) is 11.5 Å². The highest BCUT2D eigenvalue weighted by Crippen LogP contribution is 2.47. The molecule has 5 aromatic rings. The van der Waals surface area contributed by atoms with Crippen molar-refractivity contribution in [1.82, 2.24) is 4.90 Å². The van der Waals surface area contributed by atoms with Crippen molar-refractivity contribution in [1.29, 1.82) is 0 Å². The van der Waals surface area contributed by atoms with Crippen LogP contribution in [-0.2, 0) is 21.7 Å². The van der Waals surface area contributed by atoms with E-state index in [1.54, 1.807) is 50.4 Å². The number of fused-ring (bicyclic) bond motifs is 2. The molecule has 5 aromatic carbocycles. The van der Waals surface area contributed by atoms with Crippen LogP contribution in [0.5, 0.6) is 11.5 Å². The molecule has 5 rings (SSSR count). The molecule has 1 atom stereocenters. The van der Waals surface area contributed by atoms with Gasteiger partial charge in [-0.25, -0.2) is 9.36 Å². The minimum atomic E-state index is -4.40. The Morgan fingerprint density at radius 1 is 0.818 bits per heavy atom. The zero-order valence-electron chi connectivity index (χ0n) is 24.7. The van der Waals surface area contributed by atoms with Crippen LogP contribution < -0.4 is 14.8 Å². The van der Waals surface area contributed by atoms with Gasteiger partial charge in [-0.15, -0.1) is 0 Å². The summed E-state index contributed by atoms with van der Waals surface area (Å²) in [4.78, 5) is 38.8. The van der Waals surface area contributed by atoms with Gasteiger partial charge in [0, 0.05) is 13.6 Å². The molecular weight excluding hydrogens is 579 g/mol. The number of hydrogen-bond acceptors (Lipinski definition) is 6. The highest BCUT2D eigenvalue weighted by molar-refractivity contribution is 7.52. The Labute approximate surface area is 255 Å². The van der Waals surface area contributed by atoms with E-state index >= 15 is 0 Å². The van der Waals surface area contributed by atoms with E-state index in [1.807, 2.05) is 72.8 Å². The fourth-order valence-corrected chi connectivity index (χ4v) is 6.18. The number of likely N-dealkylation sites (N-methyl/N-ethyl adjacent to an activating group) is 1. The van der Waals surface area contributed by atoms with E-state index in [9.17, 15) is 19.0 Å². The molecule has 0 fully saturated rings. The van der Waals surface area contributed by atoms with Gasteiger partial charge in [-0.1, -0.05) is 72.8 Å². The van der Waals surface area contributed by atoms with Crippen LogP contribution in [0.3, 0.4) is 0 Å². The maximum atomic E-state index is 13.7. The Bertz CT molecular complexity index is 1890. The van der Waals surface area contributed by atoms with Gasteiger partial charge in [0.1, 0.15) is 0 Å². The standard InChI is InChI=1S/C34H33N2O7P/c1-36(18-17-23-15-16-31(41-2)32(19-23)42-3)33(37)29-20-25-10-4-5-11-26(25)21-30(29)35-34(38)43-44(39,40)22-27-13-8-12-24-9-6-7-14-28(24)27/h4-16,19-21H,17-18,22H2,1-3H3,(H,35,38)(H,39,40). The number of carbonyl (C=O) groups is 2. The summed E-state index contributed by atoms with van der Waals surface area (Å²) in [6, 6.07) is 29.2. The summed E-state index contributed by atoms with van der Waals surface area (Å²) in [6.45, 7) is 0.377. The fourth-order valence-electron chi connectivity index (χ4n) is 5.10. The van der Waals surface area contributed by atoms with E-state index in [0.717, 1.165) is 27.1 Å². The first kappa shape index (κ1) is 30.6. The Morgan fingerprint density at radius 3 is 2.20 bits per heavy atom. The van der Waals surface area contributed by atoms with Crippen LogP contribution >= 0.6 is 7.60 Å². The molecule has 0 saturated carbocycles. The number of ether oxygens (including phenoxy) is 2. The molecule has 0 bridgehead atoms. The minimum absolute atomic E-state index is 0.168. The molecule has 44 heavy (non-hydrogen) atoms. The molecule has 0 aliphatic rings. The summed E-state index contributed by atoms with van der Waals surface area (Å²) in [7, 11) is 0.405. The van der Waals surface area contributed by atoms with Crippen molar-refractivity contribution in [2.24, 2.45) is 0 Å². The molecule has 1 unspecified atom stereocenters. The van der Waals surface area contributed by atoms with Gasteiger partial charge in [-0.3, -0.25) is 10.1 Å². The SMILES string of the molecule is COc1ccc(CCN(C)C(=O)c2cc3ccccc3cc2NC(=O)OP(=O)(O)Cc2cccc3ccccc23)cc1OC. The average Bonchev–Trinajstić information content (AvgIpc) is 3.02. The number of nitrogens with one attached hydrogen (secondary N) is 1. The van der Waals surface area contributed by atoms with E-state index in [0.29, 0.717) is 30.0 Å². The smallest absolute Gasteiger partial charge is 0.418 e. The largest absolute Gasteiger partial charge is 0.493 e. The molecule has 0 saturated heterocycles. The summed E-state index contributed by atoms with van der Waals surface area (Å²) in [5.41, 5.74) is 1.92. The van der Waals surface area contributed by atoms with Crippen LogP contribution in [0.2, 0.25) is 0 Å². The number of rotatable bonds is 10. The maximum Gasteiger partial charge on any atom is 0.418 e. The van der Waals surface area contributed by atoms with Crippen molar-refractivity contribution >= 4 is 46.8 Å². The Kier molecular flexibility index (Phi) is 9.18. The third-order valence-corrected chi connectivity index (χ3v) is 8.55. The van der Waals surface area contributed by atoms with Crippen LogP contribution in [0.15, 0.2) is 97.1 Å². The summed E-state index contributed by atoms with van der Waals surface area (Å²) in [6.07, 6.45) is -0.944. The van der Waals surface area contributed by atoms with Gasteiger partial charge >= 0.3 is 13.7 Å². The van der Waals surface area contributed by atoms with Crippen molar-refractivity contribution < 1.29 is 33.0 Å². The minimum Gasteiger partial charge on any atom is -0.493 e. The number of benzene rings is 5. The van der Waals surface area contributed by atoms with Gasteiger partial charge in [-0.2, -0.15) is 0 Å². The topological polar surface area (TPSA) is 114 Å². The van der Waals surface area contributed by atoms with E-state index in [1.165, 1.54) is 0 Å². The lowest BCUT2D eigenvalue weighted by Crippen LogP contribution is -2.30. The number of carbonyl (C=O) groups excluding carboxylic acids is 2. The monoisotopic (exact) mass is 612 g/mol. The van der Waals surface area contributed by atoms with Gasteiger partial charge in [-0.05, 0) is 63.4 Å². The molecule has 226 valence electrons. The second kappa shape index (κ2) is 13.2. The maximum absolute atomic E-state index is 13.7. The molecule has 0 aliphatic carbocycles. The lowest BCUT2D eigenvalue weighted by molar-refractivity contribution is 0.0797. The van der Waals surface area contributed by atoms with E-state index in [4.69, 9.17) is 14.0 Å². The third-order valence-electron chi connectivity index (χ3n) is 7.36. The van der Waals surface area contributed by atoms with Gasteiger partial charge in [0.2, 0.25) is 0 Å². The van der Waals surface area contributed by atoms with Crippen LogP contribution in [0.25, 0.3) is 21.5 Å². The van der Waals surface area contributed by atoms with E-state index < -0.39 is 13.7 Å². The molecule has 0 spiro atoms. The molecule has 0 heterocycles. The van der Waals surface area contributed by atoms with Crippen LogP contribution in [-0.4, -0.2) is 49.6 Å². The normalized spacial score (nSPS) is 12.4. The van der Waals surface area contributed by atoms with E-state index in [-0.39, 0.29) is 23.3 Å². The highest BCUT2D eigenvalue weighted by Gasteiger charge is 2.27. The molecule has 2 N–H and O–H groups in total. The van der Waals surface area contributed by atoms with Crippen LogP contribution in [0, 0.1) is 0 Å². The van der Waals surface area contributed by atoms with Crippen molar-refractivity contribution in [3.63, 3.8) is 0 Å². The Hall–Kier alpha value is -4.85. The molecule has 0 aromatic heterocycles. The fraction of sp³-hybridized carbons (Fsp3) is 0.176. The van der Waals surface area contributed by atoms with Crippen molar-refractivity contribution in [2.45, 2.75) is 12.6 Å². The number of nitrogens with zero attached hydrogens (tertiary/aromatic N) is 1. The molecule has 2 amide bonds. The Balaban J connectivity index is 1.34. The number of amides is 2. The highest BCUT2D eigenvalue weighted by atomic mass is 31.2. The first-order valence-corrected chi connectivity index (χ1v) is 15.7. The third kappa shape index (κ3) is 7.02. The second-order valence-corrected chi connectivity index (χ2v) is 12.1. The predicted molar refractivity (Wildman–Crippen MR) is 172 cm³/mol.